The number of benzene rings is 1. The lowest BCUT2D eigenvalue weighted by molar-refractivity contribution is -0.147. The highest BCUT2D eigenvalue weighted by atomic mass is 16.5. The van der Waals surface area contributed by atoms with Crippen molar-refractivity contribution in [1.29, 1.82) is 0 Å². The second kappa shape index (κ2) is 6.81. The molecule has 0 aromatic heterocycles. The third kappa shape index (κ3) is 3.40. The van der Waals surface area contributed by atoms with Crippen molar-refractivity contribution in [3.63, 3.8) is 0 Å². The molecule has 2 rings (SSSR count). The molecule has 0 radical (unpaired) electrons. The molecule has 1 aromatic carbocycles. The summed E-state index contributed by atoms with van der Waals surface area (Å²) in [6, 6.07) is 7.53. The molecule has 0 aliphatic carbocycles. The van der Waals surface area contributed by atoms with Gasteiger partial charge in [0.05, 0.1) is 18.9 Å². The summed E-state index contributed by atoms with van der Waals surface area (Å²) in [7, 11) is 1.59. The molecule has 1 aliphatic heterocycles. The van der Waals surface area contributed by atoms with Gasteiger partial charge >= 0.3 is 5.97 Å². The first kappa shape index (κ1) is 16.3. The molecule has 3 unspecified atom stereocenters. The fourth-order valence-corrected chi connectivity index (χ4v) is 2.92. The minimum atomic E-state index is -0.821. The van der Waals surface area contributed by atoms with Crippen molar-refractivity contribution in [1.82, 2.24) is 4.90 Å². The number of methoxy groups -OCH3 is 1. The highest BCUT2D eigenvalue weighted by molar-refractivity contribution is 5.84. The molecule has 1 saturated heterocycles. The number of likely N-dealkylation sites (tertiary alicyclic amines) is 1. The first-order valence-electron chi connectivity index (χ1n) is 7.61. The van der Waals surface area contributed by atoms with E-state index in [4.69, 9.17) is 4.74 Å². The second-order valence-corrected chi connectivity index (χ2v) is 5.95. The summed E-state index contributed by atoms with van der Waals surface area (Å²) >= 11 is 0. The van der Waals surface area contributed by atoms with Crippen LogP contribution in [0.25, 0.3) is 0 Å². The molecular weight excluding hydrogens is 282 g/mol. The summed E-state index contributed by atoms with van der Waals surface area (Å²) in [6.07, 6.45) is 1.36. The van der Waals surface area contributed by atoms with E-state index < -0.39 is 11.9 Å². The monoisotopic (exact) mass is 305 g/mol. The van der Waals surface area contributed by atoms with Crippen LogP contribution in [0, 0.1) is 5.92 Å². The lowest BCUT2D eigenvalue weighted by Gasteiger charge is -2.38. The third-order valence-corrected chi connectivity index (χ3v) is 4.48. The SMILES string of the molecule is COc1cccc(C(C)C(=O)N2CC(C(=O)O)CCC2C)c1. The number of carboxylic acid groups (broad SMARTS) is 1. The number of aliphatic carboxylic acids is 1. The van der Waals surface area contributed by atoms with Crippen molar-refractivity contribution >= 4 is 11.9 Å². The van der Waals surface area contributed by atoms with Gasteiger partial charge in [0.15, 0.2) is 0 Å². The van der Waals surface area contributed by atoms with Crippen LogP contribution in [0.3, 0.4) is 0 Å². The van der Waals surface area contributed by atoms with E-state index in [0.29, 0.717) is 18.7 Å². The number of nitrogens with zero attached hydrogens (tertiary/aromatic N) is 1. The predicted molar refractivity (Wildman–Crippen MR) is 82.9 cm³/mol. The first-order chi connectivity index (χ1) is 10.4. The van der Waals surface area contributed by atoms with E-state index in [1.54, 1.807) is 12.0 Å². The highest BCUT2D eigenvalue weighted by Gasteiger charge is 2.34. The number of hydrogen-bond acceptors (Lipinski definition) is 3. The van der Waals surface area contributed by atoms with Crippen molar-refractivity contribution in [3.8, 4) is 5.75 Å². The molecule has 1 aromatic rings. The largest absolute Gasteiger partial charge is 0.497 e. The zero-order chi connectivity index (χ0) is 16.3. The van der Waals surface area contributed by atoms with E-state index in [1.807, 2.05) is 38.1 Å². The second-order valence-electron chi connectivity index (χ2n) is 5.95. The van der Waals surface area contributed by atoms with Gasteiger partial charge in [-0.2, -0.15) is 0 Å². The molecule has 3 atom stereocenters. The molecule has 0 bridgehead atoms. The van der Waals surface area contributed by atoms with Gasteiger partial charge in [0.2, 0.25) is 5.91 Å². The van der Waals surface area contributed by atoms with Gasteiger partial charge in [-0.3, -0.25) is 9.59 Å². The summed E-state index contributed by atoms with van der Waals surface area (Å²) in [5.74, 6) is -0.902. The van der Waals surface area contributed by atoms with E-state index in [0.717, 1.165) is 12.0 Å². The van der Waals surface area contributed by atoms with Gasteiger partial charge in [-0.05, 0) is 44.4 Å². The predicted octanol–water partition coefficient (Wildman–Crippen LogP) is 2.51. The number of amides is 1. The van der Waals surface area contributed by atoms with Crippen LogP contribution in [-0.2, 0) is 9.59 Å². The van der Waals surface area contributed by atoms with Crippen LogP contribution in [0.1, 0.15) is 38.2 Å². The van der Waals surface area contributed by atoms with Crippen LogP contribution in [-0.4, -0.2) is 41.6 Å². The molecule has 5 nitrogen and oxygen atoms in total. The molecule has 1 N–H and O–H groups in total. The number of rotatable bonds is 4. The van der Waals surface area contributed by atoms with Crippen molar-refractivity contribution in [3.05, 3.63) is 29.8 Å². The molecule has 0 spiro atoms. The standard InChI is InChI=1S/C17H23NO4/c1-11-7-8-14(17(20)21)10-18(11)16(19)12(2)13-5-4-6-15(9-13)22-3/h4-6,9,11-12,14H,7-8,10H2,1-3H3,(H,20,21). The van der Waals surface area contributed by atoms with Crippen LogP contribution in [0.4, 0.5) is 0 Å². The topological polar surface area (TPSA) is 66.8 Å². The van der Waals surface area contributed by atoms with Crippen LogP contribution in [0.2, 0.25) is 0 Å². The number of carbonyl (C=O) groups is 2. The number of carbonyl (C=O) groups excluding carboxylic acids is 1. The van der Waals surface area contributed by atoms with Crippen LogP contribution in [0.15, 0.2) is 24.3 Å². The smallest absolute Gasteiger partial charge is 0.308 e. The fraction of sp³-hybridized carbons (Fsp3) is 0.529. The van der Waals surface area contributed by atoms with E-state index in [9.17, 15) is 14.7 Å². The maximum Gasteiger partial charge on any atom is 0.308 e. The van der Waals surface area contributed by atoms with Crippen LogP contribution >= 0.6 is 0 Å². The summed E-state index contributed by atoms with van der Waals surface area (Å²) in [5.41, 5.74) is 0.883. The lowest BCUT2D eigenvalue weighted by Crippen LogP contribution is -2.48. The quantitative estimate of drug-likeness (QED) is 0.928. The Kier molecular flexibility index (Phi) is 5.06. The molecule has 1 heterocycles. The van der Waals surface area contributed by atoms with Crippen LogP contribution in [0.5, 0.6) is 5.75 Å². The van der Waals surface area contributed by atoms with Crippen LogP contribution < -0.4 is 4.74 Å². The van der Waals surface area contributed by atoms with Gasteiger partial charge in [-0.1, -0.05) is 12.1 Å². The van der Waals surface area contributed by atoms with E-state index in [1.165, 1.54) is 0 Å². The molecule has 0 saturated carbocycles. The first-order valence-corrected chi connectivity index (χ1v) is 7.61. The summed E-state index contributed by atoms with van der Waals surface area (Å²) < 4.78 is 5.20. The van der Waals surface area contributed by atoms with Gasteiger partial charge in [-0.25, -0.2) is 0 Å². The minimum Gasteiger partial charge on any atom is -0.497 e. The molecule has 1 fully saturated rings. The molecule has 120 valence electrons. The molecule has 1 amide bonds. The van der Waals surface area contributed by atoms with Crippen molar-refractivity contribution in [2.24, 2.45) is 5.92 Å². The Morgan fingerprint density at radius 1 is 1.36 bits per heavy atom. The summed E-state index contributed by atoms with van der Waals surface area (Å²) in [5, 5.41) is 9.19. The Morgan fingerprint density at radius 2 is 2.09 bits per heavy atom. The molecular formula is C17H23NO4. The summed E-state index contributed by atoms with van der Waals surface area (Å²) in [6.45, 7) is 4.13. The number of piperidine rings is 1. The Labute approximate surface area is 130 Å². The van der Waals surface area contributed by atoms with Gasteiger partial charge in [-0.15, -0.1) is 0 Å². The molecule has 22 heavy (non-hydrogen) atoms. The number of ether oxygens (including phenoxy) is 1. The van der Waals surface area contributed by atoms with Crippen molar-refractivity contribution in [2.75, 3.05) is 13.7 Å². The zero-order valence-electron chi connectivity index (χ0n) is 13.3. The minimum absolute atomic E-state index is 0.0216. The van der Waals surface area contributed by atoms with Gasteiger partial charge < -0.3 is 14.7 Å². The molecule has 5 heteroatoms. The Hall–Kier alpha value is -2.04. The Balaban J connectivity index is 2.16. The van der Waals surface area contributed by atoms with Crippen molar-refractivity contribution in [2.45, 2.75) is 38.6 Å². The average molecular weight is 305 g/mol. The third-order valence-electron chi connectivity index (χ3n) is 4.48. The van der Waals surface area contributed by atoms with E-state index in [2.05, 4.69) is 0 Å². The highest BCUT2D eigenvalue weighted by Crippen LogP contribution is 2.28. The number of hydrogen-bond donors (Lipinski definition) is 1. The maximum atomic E-state index is 12.8. The maximum absolute atomic E-state index is 12.8. The normalized spacial score (nSPS) is 23.0. The van der Waals surface area contributed by atoms with Crippen molar-refractivity contribution < 1.29 is 19.4 Å². The number of carboxylic acids is 1. The average Bonchev–Trinajstić information content (AvgIpc) is 2.53. The van der Waals surface area contributed by atoms with E-state index in [-0.39, 0.29) is 17.9 Å². The summed E-state index contributed by atoms with van der Waals surface area (Å²) in [4.78, 5) is 25.7. The Bertz CT molecular complexity index is 557. The fourth-order valence-electron chi connectivity index (χ4n) is 2.92. The van der Waals surface area contributed by atoms with Gasteiger partial charge in [0.25, 0.3) is 0 Å². The zero-order valence-corrected chi connectivity index (χ0v) is 13.3. The van der Waals surface area contributed by atoms with E-state index >= 15 is 0 Å². The van der Waals surface area contributed by atoms with Gasteiger partial charge in [0.1, 0.15) is 5.75 Å². The Morgan fingerprint density at radius 3 is 2.73 bits per heavy atom. The molecule has 1 aliphatic rings. The lowest BCUT2D eigenvalue weighted by atomic mass is 9.91. The van der Waals surface area contributed by atoms with Gasteiger partial charge in [0, 0.05) is 12.6 Å².